The van der Waals surface area contributed by atoms with E-state index in [-0.39, 0.29) is 0 Å². The number of fused-ring (bicyclic) bond motifs is 1. The smallest absolute Gasteiger partial charge is 0.0998 e. The number of nitriles is 2. The van der Waals surface area contributed by atoms with Gasteiger partial charge < -0.3 is 4.57 Å². The lowest BCUT2D eigenvalue weighted by atomic mass is 10.1. The Balaban J connectivity index is 1.99. The minimum atomic E-state index is 0.665. The Bertz CT molecular complexity index is 843. The number of hydrogen-bond donors (Lipinski definition) is 0. The first kappa shape index (κ1) is 12.0. The van der Waals surface area contributed by atoms with E-state index >= 15 is 0 Å². The minimum Gasteiger partial charge on any atom is -0.343 e. The second kappa shape index (κ2) is 4.91. The van der Waals surface area contributed by atoms with Crippen LogP contribution < -0.4 is 0 Å². The fourth-order valence-electron chi connectivity index (χ4n) is 2.34. The van der Waals surface area contributed by atoms with Crippen LogP contribution in [-0.2, 0) is 6.54 Å². The van der Waals surface area contributed by atoms with Crippen LogP contribution in [0.1, 0.15) is 16.7 Å². The molecule has 0 radical (unpaired) electrons. The highest BCUT2D eigenvalue weighted by Gasteiger charge is 2.05. The third-order valence-electron chi connectivity index (χ3n) is 3.37. The number of hydrogen-bond acceptors (Lipinski definition) is 2. The summed E-state index contributed by atoms with van der Waals surface area (Å²) in [5.41, 5.74) is 3.54. The van der Waals surface area contributed by atoms with Gasteiger partial charge in [-0.25, -0.2) is 0 Å². The Labute approximate surface area is 116 Å². The van der Waals surface area contributed by atoms with Crippen molar-refractivity contribution in [2.24, 2.45) is 0 Å². The lowest BCUT2D eigenvalue weighted by molar-refractivity contribution is 0.837. The van der Waals surface area contributed by atoms with Crippen LogP contribution in [0, 0.1) is 22.7 Å². The molecule has 0 bridgehead atoms. The van der Waals surface area contributed by atoms with E-state index in [0.717, 1.165) is 23.0 Å². The monoisotopic (exact) mass is 257 g/mol. The van der Waals surface area contributed by atoms with Crippen molar-refractivity contribution in [3.05, 3.63) is 71.4 Å². The molecule has 0 fully saturated rings. The van der Waals surface area contributed by atoms with Gasteiger partial charge in [0, 0.05) is 23.6 Å². The predicted octanol–water partition coefficient (Wildman–Crippen LogP) is 3.43. The molecule has 0 aliphatic carbocycles. The van der Waals surface area contributed by atoms with E-state index in [1.807, 2.05) is 54.7 Å². The highest BCUT2D eigenvalue weighted by molar-refractivity contribution is 5.86. The van der Waals surface area contributed by atoms with Gasteiger partial charge in [0.1, 0.15) is 0 Å². The summed E-state index contributed by atoms with van der Waals surface area (Å²) in [7, 11) is 0. The molecular weight excluding hydrogens is 246 g/mol. The van der Waals surface area contributed by atoms with Crippen molar-refractivity contribution in [2.75, 3.05) is 0 Å². The van der Waals surface area contributed by atoms with E-state index in [4.69, 9.17) is 10.5 Å². The first-order chi connectivity index (χ1) is 9.81. The van der Waals surface area contributed by atoms with E-state index in [2.05, 4.69) is 16.7 Å². The molecule has 0 saturated heterocycles. The molecule has 94 valence electrons. The topological polar surface area (TPSA) is 52.5 Å². The van der Waals surface area contributed by atoms with Crippen molar-refractivity contribution >= 4 is 10.9 Å². The molecule has 3 nitrogen and oxygen atoms in total. The van der Waals surface area contributed by atoms with Crippen LogP contribution in [-0.4, -0.2) is 4.57 Å². The van der Waals surface area contributed by atoms with E-state index in [9.17, 15) is 0 Å². The molecule has 3 heteroatoms. The zero-order valence-electron chi connectivity index (χ0n) is 10.7. The molecule has 0 spiro atoms. The average molecular weight is 257 g/mol. The van der Waals surface area contributed by atoms with Crippen LogP contribution in [0.2, 0.25) is 0 Å². The maximum Gasteiger partial charge on any atom is 0.0998 e. The van der Waals surface area contributed by atoms with Crippen molar-refractivity contribution in [1.29, 1.82) is 10.5 Å². The minimum absolute atomic E-state index is 0.665. The maximum atomic E-state index is 9.10. The average Bonchev–Trinajstić information content (AvgIpc) is 2.91. The molecule has 1 aromatic heterocycles. The Hall–Kier alpha value is -3.04. The molecule has 0 aliphatic heterocycles. The molecule has 1 heterocycles. The summed E-state index contributed by atoms with van der Waals surface area (Å²) < 4.78 is 2.11. The van der Waals surface area contributed by atoms with Crippen LogP contribution in [0.15, 0.2) is 54.7 Å². The number of nitrogens with zero attached hydrogens (tertiary/aromatic N) is 3. The SMILES string of the molecule is N#Cc1ccc(Cn2ccc3c(C#N)cccc32)cc1. The van der Waals surface area contributed by atoms with E-state index in [0.29, 0.717) is 11.1 Å². The number of aromatic nitrogens is 1. The molecule has 0 amide bonds. The van der Waals surface area contributed by atoms with E-state index in [1.165, 1.54) is 0 Å². The Kier molecular flexibility index (Phi) is 2.95. The van der Waals surface area contributed by atoms with Crippen molar-refractivity contribution in [1.82, 2.24) is 4.57 Å². The first-order valence-corrected chi connectivity index (χ1v) is 6.29. The second-order valence-electron chi connectivity index (χ2n) is 4.60. The maximum absolute atomic E-state index is 9.10. The first-order valence-electron chi connectivity index (χ1n) is 6.29. The van der Waals surface area contributed by atoms with E-state index < -0.39 is 0 Å². The van der Waals surface area contributed by atoms with Crippen molar-refractivity contribution in [3.8, 4) is 12.1 Å². The van der Waals surface area contributed by atoms with Gasteiger partial charge in [-0.2, -0.15) is 10.5 Å². The zero-order valence-corrected chi connectivity index (χ0v) is 10.7. The summed E-state index contributed by atoms with van der Waals surface area (Å²) in [6.07, 6.45) is 1.99. The second-order valence-corrected chi connectivity index (χ2v) is 4.60. The molecule has 0 saturated carbocycles. The third-order valence-corrected chi connectivity index (χ3v) is 3.37. The van der Waals surface area contributed by atoms with Gasteiger partial charge in [-0.05, 0) is 35.9 Å². The quantitative estimate of drug-likeness (QED) is 0.706. The van der Waals surface area contributed by atoms with Crippen LogP contribution in [0.5, 0.6) is 0 Å². The Morgan fingerprint density at radius 3 is 2.40 bits per heavy atom. The van der Waals surface area contributed by atoms with Gasteiger partial charge >= 0.3 is 0 Å². The van der Waals surface area contributed by atoms with Crippen LogP contribution in [0.25, 0.3) is 10.9 Å². The summed E-state index contributed by atoms with van der Waals surface area (Å²) >= 11 is 0. The molecule has 3 rings (SSSR count). The van der Waals surface area contributed by atoms with Crippen molar-refractivity contribution < 1.29 is 0 Å². The van der Waals surface area contributed by atoms with Gasteiger partial charge in [0.2, 0.25) is 0 Å². The molecule has 0 atom stereocenters. The van der Waals surface area contributed by atoms with Crippen LogP contribution in [0.3, 0.4) is 0 Å². The fraction of sp³-hybridized carbons (Fsp3) is 0.0588. The van der Waals surface area contributed by atoms with Gasteiger partial charge in [-0.1, -0.05) is 18.2 Å². The molecule has 0 unspecified atom stereocenters. The lowest BCUT2D eigenvalue weighted by Crippen LogP contribution is -1.97. The summed E-state index contributed by atoms with van der Waals surface area (Å²) in [5, 5.41) is 18.9. The summed E-state index contributed by atoms with van der Waals surface area (Å²) in [4.78, 5) is 0. The normalized spacial score (nSPS) is 10.1. The molecular formula is C17H11N3. The fourth-order valence-corrected chi connectivity index (χ4v) is 2.34. The van der Waals surface area contributed by atoms with Gasteiger partial charge in [0.05, 0.1) is 23.3 Å². The zero-order chi connectivity index (χ0) is 13.9. The standard InChI is InChI=1S/C17H11N3/c18-10-13-4-6-14(7-5-13)12-20-9-8-16-15(11-19)2-1-3-17(16)20/h1-9H,12H2. The van der Waals surface area contributed by atoms with Gasteiger partial charge in [0.15, 0.2) is 0 Å². The molecule has 20 heavy (non-hydrogen) atoms. The number of rotatable bonds is 2. The highest BCUT2D eigenvalue weighted by Crippen LogP contribution is 2.20. The summed E-state index contributed by atoms with van der Waals surface area (Å²) in [5.74, 6) is 0. The van der Waals surface area contributed by atoms with Crippen molar-refractivity contribution in [2.45, 2.75) is 6.54 Å². The lowest BCUT2D eigenvalue weighted by Gasteiger charge is -2.06. The molecule has 0 N–H and O–H groups in total. The van der Waals surface area contributed by atoms with Crippen LogP contribution >= 0.6 is 0 Å². The van der Waals surface area contributed by atoms with Gasteiger partial charge in [-0.3, -0.25) is 0 Å². The summed E-state index contributed by atoms with van der Waals surface area (Å²) in [6, 6.07) is 19.6. The van der Waals surface area contributed by atoms with Gasteiger partial charge in [0.25, 0.3) is 0 Å². The van der Waals surface area contributed by atoms with Crippen molar-refractivity contribution in [3.63, 3.8) is 0 Å². The molecule has 2 aromatic carbocycles. The Morgan fingerprint density at radius 1 is 0.900 bits per heavy atom. The highest BCUT2D eigenvalue weighted by atomic mass is 14.9. The largest absolute Gasteiger partial charge is 0.343 e. The Morgan fingerprint density at radius 2 is 1.70 bits per heavy atom. The van der Waals surface area contributed by atoms with Gasteiger partial charge in [-0.15, -0.1) is 0 Å². The molecule has 0 aliphatic rings. The molecule has 3 aromatic rings. The van der Waals surface area contributed by atoms with E-state index in [1.54, 1.807) is 0 Å². The predicted molar refractivity (Wildman–Crippen MR) is 76.9 cm³/mol. The summed E-state index contributed by atoms with van der Waals surface area (Å²) in [6.45, 7) is 0.726. The third kappa shape index (κ3) is 2.02. The van der Waals surface area contributed by atoms with Crippen LogP contribution in [0.4, 0.5) is 0 Å². The number of benzene rings is 2.